The molecule has 0 radical (unpaired) electrons. The number of hydrogen-bond donors (Lipinski definition) is 0. The Balaban J connectivity index is 1.98. The fraction of sp³-hybridized carbons (Fsp3) is 0.952. The van der Waals surface area contributed by atoms with Gasteiger partial charge in [0.15, 0.2) is 0 Å². The molecule has 0 aliphatic carbocycles. The first-order valence-corrected chi connectivity index (χ1v) is 10.5. The zero-order valence-electron chi connectivity index (χ0n) is 18.2. The highest BCUT2D eigenvalue weighted by atomic mass is 16.6. The topological polar surface area (TPSA) is 36.0 Å². The molecule has 2 saturated heterocycles. The average molecular weight is 368 g/mol. The summed E-state index contributed by atoms with van der Waals surface area (Å²) in [5, 5.41) is 0. The number of nitrogens with zero attached hydrogens (tertiary/aromatic N) is 3. The van der Waals surface area contributed by atoms with Gasteiger partial charge in [-0.15, -0.1) is 0 Å². The van der Waals surface area contributed by atoms with Crippen LogP contribution in [0.1, 0.15) is 67.7 Å². The van der Waals surface area contributed by atoms with Gasteiger partial charge in [0.25, 0.3) is 0 Å². The minimum atomic E-state index is -0.420. The minimum absolute atomic E-state index is 0.162. The van der Waals surface area contributed by atoms with Crippen molar-refractivity contribution in [3.63, 3.8) is 0 Å². The maximum atomic E-state index is 12.4. The van der Waals surface area contributed by atoms with Crippen LogP contribution in [0.3, 0.4) is 0 Å². The van der Waals surface area contributed by atoms with Crippen LogP contribution in [0, 0.1) is 5.92 Å². The number of carbonyl (C=O) groups excluding carboxylic acids is 1. The van der Waals surface area contributed by atoms with Crippen molar-refractivity contribution in [3.8, 4) is 0 Å². The standard InChI is InChI=1S/C21H41N3O2/c1-17(2)16-21(8-10-22(11-9-21)18(3)4)24-14-12-23(13-15-24)19(25)26-20(5,6)7/h17-18H,8-16H2,1-7H3. The number of amides is 1. The Kier molecular flexibility index (Phi) is 7.00. The molecule has 2 heterocycles. The molecule has 5 nitrogen and oxygen atoms in total. The van der Waals surface area contributed by atoms with Crippen LogP contribution in [0.15, 0.2) is 0 Å². The van der Waals surface area contributed by atoms with Crippen LogP contribution in [-0.4, -0.2) is 77.2 Å². The van der Waals surface area contributed by atoms with Crippen molar-refractivity contribution in [3.05, 3.63) is 0 Å². The van der Waals surface area contributed by atoms with E-state index in [1.807, 2.05) is 25.7 Å². The fourth-order valence-electron chi connectivity index (χ4n) is 4.56. The van der Waals surface area contributed by atoms with Crippen LogP contribution in [0.2, 0.25) is 0 Å². The van der Waals surface area contributed by atoms with E-state index in [1.54, 1.807) is 0 Å². The molecule has 26 heavy (non-hydrogen) atoms. The maximum Gasteiger partial charge on any atom is 0.410 e. The molecule has 2 fully saturated rings. The van der Waals surface area contributed by atoms with E-state index in [2.05, 4.69) is 37.5 Å². The van der Waals surface area contributed by atoms with Crippen LogP contribution in [0.4, 0.5) is 4.79 Å². The number of hydrogen-bond acceptors (Lipinski definition) is 4. The second-order valence-electron chi connectivity index (χ2n) is 9.91. The Morgan fingerprint density at radius 3 is 1.92 bits per heavy atom. The van der Waals surface area contributed by atoms with Gasteiger partial charge < -0.3 is 14.5 Å². The quantitative estimate of drug-likeness (QED) is 0.757. The molecule has 0 N–H and O–H groups in total. The Hall–Kier alpha value is -0.810. The summed E-state index contributed by atoms with van der Waals surface area (Å²) in [6, 6.07) is 0.635. The van der Waals surface area contributed by atoms with Crippen LogP contribution < -0.4 is 0 Å². The molecule has 2 rings (SSSR count). The van der Waals surface area contributed by atoms with Crippen molar-refractivity contribution in [2.75, 3.05) is 39.3 Å². The van der Waals surface area contributed by atoms with Crippen LogP contribution in [0.5, 0.6) is 0 Å². The van der Waals surface area contributed by atoms with E-state index in [-0.39, 0.29) is 6.09 Å². The van der Waals surface area contributed by atoms with Gasteiger partial charge in [-0.2, -0.15) is 0 Å². The monoisotopic (exact) mass is 367 g/mol. The molecule has 0 aromatic rings. The number of rotatable bonds is 4. The van der Waals surface area contributed by atoms with Crippen molar-refractivity contribution < 1.29 is 9.53 Å². The van der Waals surface area contributed by atoms with Crippen molar-refractivity contribution in [1.82, 2.24) is 14.7 Å². The first-order valence-electron chi connectivity index (χ1n) is 10.5. The van der Waals surface area contributed by atoms with E-state index in [4.69, 9.17) is 4.74 Å². The lowest BCUT2D eigenvalue weighted by Gasteiger charge is -2.53. The molecule has 2 aliphatic heterocycles. The molecule has 0 bridgehead atoms. The number of piperazine rings is 1. The SMILES string of the molecule is CC(C)CC1(N2CCN(C(=O)OC(C)(C)C)CC2)CCN(C(C)C)CC1. The average Bonchev–Trinajstić information content (AvgIpc) is 2.53. The first-order chi connectivity index (χ1) is 12.0. The van der Waals surface area contributed by atoms with Gasteiger partial charge in [0.05, 0.1) is 0 Å². The van der Waals surface area contributed by atoms with Gasteiger partial charge in [-0.3, -0.25) is 4.90 Å². The largest absolute Gasteiger partial charge is 0.444 e. The van der Waals surface area contributed by atoms with Crippen LogP contribution in [0.25, 0.3) is 0 Å². The van der Waals surface area contributed by atoms with Crippen molar-refractivity contribution in [1.29, 1.82) is 0 Å². The summed E-state index contributed by atoms with van der Waals surface area (Å²) in [7, 11) is 0. The van der Waals surface area contributed by atoms with Gasteiger partial charge in [0.2, 0.25) is 0 Å². The Morgan fingerprint density at radius 2 is 1.50 bits per heavy atom. The highest BCUT2D eigenvalue weighted by molar-refractivity contribution is 5.68. The lowest BCUT2D eigenvalue weighted by Crippen LogP contribution is -2.62. The maximum absolute atomic E-state index is 12.4. The van der Waals surface area contributed by atoms with Crippen molar-refractivity contribution in [2.45, 2.75) is 84.9 Å². The van der Waals surface area contributed by atoms with Gasteiger partial charge in [0.1, 0.15) is 5.60 Å². The Labute approximate surface area is 161 Å². The number of likely N-dealkylation sites (tertiary alicyclic amines) is 1. The van der Waals surface area contributed by atoms with E-state index in [9.17, 15) is 4.79 Å². The summed E-state index contributed by atoms with van der Waals surface area (Å²) in [5.41, 5.74) is -0.115. The summed E-state index contributed by atoms with van der Waals surface area (Å²) in [5.74, 6) is 0.699. The summed E-state index contributed by atoms with van der Waals surface area (Å²) in [4.78, 5) is 19.5. The molecule has 5 heteroatoms. The molecule has 152 valence electrons. The summed E-state index contributed by atoms with van der Waals surface area (Å²) >= 11 is 0. The molecular weight excluding hydrogens is 326 g/mol. The molecule has 1 amide bonds. The predicted molar refractivity (Wildman–Crippen MR) is 108 cm³/mol. The minimum Gasteiger partial charge on any atom is -0.444 e. The third kappa shape index (κ3) is 5.59. The second-order valence-corrected chi connectivity index (χ2v) is 9.91. The summed E-state index contributed by atoms with van der Waals surface area (Å²) in [6.07, 6.45) is 3.58. The number of carbonyl (C=O) groups is 1. The number of piperidine rings is 1. The zero-order valence-corrected chi connectivity index (χ0v) is 18.2. The third-order valence-electron chi connectivity index (χ3n) is 5.85. The lowest BCUT2D eigenvalue weighted by molar-refractivity contribution is -0.0352. The van der Waals surface area contributed by atoms with Gasteiger partial charge >= 0.3 is 6.09 Å². The normalized spacial score (nSPS) is 22.9. The van der Waals surface area contributed by atoms with E-state index in [0.717, 1.165) is 26.2 Å². The van der Waals surface area contributed by atoms with Crippen LogP contribution >= 0.6 is 0 Å². The predicted octanol–water partition coefficient (Wildman–Crippen LogP) is 3.83. The molecule has 0 aromatic carbocycles. The highest BCUT2D eigenvalue weighted by Gasteiger charge is 2.42. The van der Waals surface area contributed by atoms with Crippen LogP contribution in [-0.2, 0) is 4.74 Å². The van der Waals surface area contributed by atoms with E-state index in [1.165, 1.54) is 32.4 Å². The molecule has 0 atom stereocenters. The Bertz CT molecular complexity index is 454. The third-order valence-corrected chi connectivity index (χ3v) is 5.85. The van der Waals surface area contributed by atoms with E-state index < -0.39 is 5.60 Å². The van der Waals surface area contributed by atoms with Gasteiger partial charge in [0, 0.05) is 50.8 Å². The molecule has 0 aromatic heterocycles. The first kappa shape index (κ1) is 21.5. The lowest BCUT2D eigenvalue weighted by atomic mass is 9.78. The second kappa shape index (κ2) is 8.47. The summed E-state index contributed by atoms with van der Waals surface area (Å²) in [6.45, 7) is 21.0. The number of ether oxygens (including phenoxy) is 1. The molecule has 0 spiro atoms. The van der Waals surface area contributed by atoms with E-state index >= 15 is 0 Å². The van der Waals surface area contributed by atoms with Gasteiger partial charge in [-0.25, -0.2) is 4.79 Å². The summed E-state index contributed by atoms with van der Waals surface area (Å²) < 4.78 is 5.55. The van der Waals surface area contributed by atoms with Crippen molar-refractivity contribution >= 4 is 6.09 Å². The van der Waals surface area contributed by atoms with Crippen molar-refractivity contribution in [2.24, 2.45) is 5.92 Å². The smallest absolute Gasteiger partial charge is 0.410 e. The highest BCUT2D eigenvalue weighted by Crippen LogP contribution is 2.36. The molecule has 0 unspecified atom stereocenters. The van der Waals surface area contributed by atoms with Gasteiger partial charge in [-0.1, -0.05) is 13.8 Å². The fourth-order valence-corrected chi connectivity index (χ4v) is 4.56. The zero-order chi connectivity index (χ0) is 19.5. The molecule has 2 aliphatic rings. The van der Waals surface area contributed by atoms with E-state index in [0.29, 0.717) is 17.5 Å². The van der Waals surface area contributed by atoms with Gasteiger partial charge in [-0.05, 0) is 59.8 Å². The molecular formula is C21H41N3O2. The Morgan fingerprint density at radius 1 is 0.962 bits per heavy atom. The molecule has 0 saturated carbocycles.